The molecule has 0 unspecified atom stereocenters. The van der Waals surface area contributed by atoms with Crippen LogP contribution in [0.1, 0.15) is 26.5 Å². The SMILES string of the molecule is CC(C)(C)Cc1ccnn1-c1[c-]ocn1.[Ni]. The molecule has 2 rings (SSSR count). The van der Waals surface area contributed by atoms with Crippen LogP contribution in [-0.2, 0) is 22.9 Å². The summed E-state index contributed by atoms with van der Waals surface area (Å²) in [7, 11) is 0. The van der Waals surface area contributed by atoms with E-state index < -0.39 is 0 Å². The van der Waals surface area contributed by atoms with Crippen LogP contribution in [0.3, 0.4) is 0 Å². The van der Waals surface area contributed by atoms with Crippen molar-refractivity contribution in [3.05, 3.63) is 30.6 Å². The fraction of sp³-hybridized carbons (Fsp3) is 0.455. The molecule has 0 aliphatic heterocycles. The minimum absolute atomic E-state index is 0. The molecule has 0 saturated carbocycles. The van der Waals surface area contributed by atoms with Gasteiger partial charge in [-0.15, -0.1) is 0 Å². The van der Waals surface area contributed by atoms with Crippen molar-refractivity contribution in [2.24, 2.45) is 5.41 Å². The molecule has 5 heteroatoms. The van der Waals surface area contributed by atoms with Gasteiger partial charge in [0.2, 0.25) is 0 Å². The molecule has 0 spiro atoms. The molecule has 2 heterocycles. The Morgan fingerprint density at radius 3 is 2.75 bits per heavy atom. The van der Waals surface area contributed by atoms with Gasteiger partial charge < -0.3 is 9.40 Å². The molecule has 4 nitrogen and oxygen atoms in total. The van der Waals surface area contributed by atoms with E-state index in [1.165, 1.54) is 6.39 Å². The van der Waals surface area contributed by atoms with Gasteiger partial charge in [-0.25, -0.2) is 4.68 Å². The summed E-state index contributed by atoms with van der Waals surface area (Å²) in [6, 6.07) is 1.99. The second-order valence-electron chi connectivity index (χ2n) is 4.75. The van der Waals surface area contributed by atoms with Crippen molar-refractivity contribution in [1.82, 2.24) is 14.8 Å². The van der Waals surface area contributed by atoms with Crippen LogP contribution in [0, 0.1) is 11.7 Å². The van der Waals surface area contributed by atoms with Crippen molar-refractivity contribution < 1.29 is 20.9 Å². The van der Waals surface area contributed by atoms with E-state index in [4.69, 9.17) is 4.42 Å². The normalized spacial score (nSPS) is 11.2. The molecule has 0 radical (unpaired) electrons. The third kappa shape index (κ3) is 2.95. The zero-order valence-corrected chi connectivity index (χ0v) is 10.5. The Bertz CT molecular complexity index is 428. The number of nitrogens with zero attached hydrogens (tertiary/aromatic N) is 3. The first kappa shape index (κ1) is 13.0. The van der Waals surface area contributed by atoms with E-state index in [1.807, 2.05) is 6.07 Å². The summed E-state index contributed by atoms with van der Waals surface area (Å²) in [5.41, 5.74) is 1.34. The van der Waals surface area contributed by atoms with Crippen LogP contribution in [0.2, 0.25) is 0 Å². The number of rotatable bonds is 2. The van der Waals surface area contributed by atoms with Crippen LogP contribution in [0.4, 0.5) is 0 Å². The van der Waals surface area contributed by atoms with Crippen LogP contribution in [0.5, 0.6) is 0 Å². The largest absolute Gasteiger partial charge is 0.630 e. The summed E-state index contributed by atoms with van der Waals surface area (Å²) in [5.74, 6) is 0.610. The summed E-state index contributed by atoms with van der Waals surface area (Å²) in [5, 5.41) is 4.21. The van der Waals surface area contributed by atoms with Gasteiger partial charge >= 0.3 is 0 Å². The minimum atomic E-state index is 0. The van der Waals surface area contributed by atoms with Gasteiger partial charge in [0.1, 0.15) is 0 Å². The summed E-state index contributed by atoms with van der Waals surface area (Å²) in [6.07, 6.45) is 6.74. The molecule has 0 bridgehead atoms. The van der Waals surface area contributed by atoms with Crippen LogP contribution in [0.25, 0.3) is 5.82 Å². The summed E-state index contributed by atoms with van der Waals surface area (Å²) < 4.78 is 6.59. The number of oxazole rings is 1. The Kier molecular flexibility index (Phi) is 3.92. The van der Waals surface area contributed by atoms with Crippen molar-refractivity contribution >= 4 is 0 Å². The van der Waals surface area contributed by atoms with Gasteiger partial charge in [0, 0.05) is 34.8 Å². The topological polar surface area (TPSA) is 43.9 Å². The Hall–Kier alpha value is -1.09. The van der Waals surface area contributed by atoms with E-state index in [2.05, 4.69) is 37.1 Å². The van der Waals surface area contributed by atoms with E-state index in [0.29, 0.717) is 5.82 Å². The number of hydrogen-bond donors (Lipinski definition) is 0. The Labute approximate surface area is 105 Å². The smallest absolute Gasteiger partial charge is 0.0807 e. The quantitative estimate of drug-likeness (QED) is 0.616. The van der Waals surface area contributed by atoms with Gasteiger partial charge in [0.15, 0.2) is 0 Å². The Morgan fingerprint density at radius 1 is 1.44 bits per heavy atom. The van der Waals surface area contributed by atoms with Crippen LogP contribution < -0.4 is 0 Å². The van der Waals surface area contributed by atoms with E-state index >= 15 is 0 Å². The van der Waals surface area contributed by atoms with E-state index in [0.717, 1.165) is 12.1 Å². The first-order chi connectivity index (χ1) is 7.06. The van der Waals surface area contributed by atoms with Gasteiger partial charge in [0.25, 0.3) is 0 Å². The van der Waals surface area contributed by atoms with Gasteiger partial charge in [-0.05, 0) is 24.2 Å². The zero-order chi connectivity index (χ0) is 10.9. The number of hydrogen-bond acceptors (Lipinski definition) is 3. The van der Waals surface area contributed by atoms with Crippen LogP contribution in [0.15, 0.2) is 23.1 Å². The minimum Gasteiger partial charge on any atom is -0.630 e. The Balaban J connectivity index is 0.00000128. The van der Waals surface area contributed by atoms with Gasteiger partial charge in [-0.3, -0.25) is 0 Å². The molecule has 0 aliphatic carbocycles. The maximum absolute atomic E-state index is 4.83. The molecule has 0 saturated heterocycles. The molecule has 0 aromatic carbocycles. The van der Waals surface area contributed by atoms with Gasteiger partial charge in [0.05, 0.1) is 5.82 Å². The average molecular weight is 263 g/mol. The summed E-state index contributed by atoms with van der Waals surface area (Å²) in [6.45, 7) is 6.57. The molecule has 2 aromatic rings. The first-order valence-corrected chi connectivity index (χ1v) is 4.91. The fourth-order valence-electron chi connectivity index (χ4n) is 1.48. The maximum atomic E-state index is 4.83. The van der Waals surface area contributed by atoms with Crippen molar-refractivity contribution in [2.45, 2.75) is 27.2 Å². The molecule has 90 valence electrons. The Morgan fingerprint density at radius 2 is 2.19 bits per heavy atom. The number of aromatic nitrogens is 3. The molecule has 0 aliphatic rings. The fourth-order valence-corrected chi connectivity index (χ4v) is 1.48. The van der Waals surface area contributed by atoms with Gasteiger partial charge in [-0.1, -0.05) is 20.8 Å². The zero-order valence-electron chi connectivity index (χ0n) is 9.51. The van der Waals surface area contributed by atoms with Crippen molar-refractivity contribution in [2.75, 3.05) is 0 Å². The second kappa shape index (κ2) is 4.83. The van der Waals surface area contributed by atoms with Crippen molar-refractivity contribution in [1.29, 1.82) is 0 Å². The third-order valence-corrected chi connectivity index (χ3v) is 2.01. The van der Waals surface area contributed by atoms with Crippen LogP contribution in [-0.4, -0.2) is 14.8 Å². The standard InChI is InChI=1S/C11H14N3O.Ni/c1-11(2,3)6-9-4-5-13-14(9)10-7-15-8-12-10;/h4-5,8H,6H2,1-3H3;/q-1;. The van der Waals surface area contributed by atoms with Crippen molar-refractivity contribution in [3.63, 3.8) is 0 Å². The van der Waals surface area contributed by atoms with Gasteiger partial charge in [-0.2, -0.15) is 5.10 Å². The molecule has 2 aromatic heterocycles. The predicted octanol–water partition coefficient (Wildman–Crippen LogP) is 2.25. The molecule has 0 fully saturated rings. The molecule has 0 N–H and O–H groups in total. The third-order valence-electron chi connectivity index (χ3n) is 2.01. The molecule has 16 heavy (non-hydrogen) atoms. The average Bonchev–Trinajstić information content (AvgIpc) is 2.68. The predicted molar refractivity (Wildman–Crippen MR) is 55.6 cm³/mol. The van der Waals surface area contributed by atoms with E-state index in [9.17, 15) is 0 Å². The van der Waals surface area contributed by atoms with Crippen molar-refractivity contribution in [3.8, 4) is 5.82 Å². The molecule has 0 amide bonds. The molecule has 0 atom stereocenters. The van der Waals surface area contributed by atoms with E-state index in [-0.39, 0.29) is 21.9 Å². The maximum Gasteiger partial charge on any atom is 0.0807 e. The first-order valence-electron chi connectivity index (χ1n) is 4.91. The second-order valence-corrected chi connectivity index (χ2v) is 4.75. The molecular formula is C11H14N3NiO-. The monoisotopic (exact) mass is 262 g/mol. The summed E-state index contributed by atoms with van der Waals surface area (Å²) >= 11 is 0. The summed E-state index contributed by atoms with van der Waals surface area (Å²) in [4.78, 5) is 4.03. The molecular weight excluding hydrogens is 249 g/mol. The van der Waals surface area contributed by atoms with Crippen LogP contribution >= 0.6 is 0 Å². The van der Waals surface area contributed by atoms with E-state index in [1.54, 1.807) is 10.9 Å².